The molecule has 2 N–H and O–H groups in total. The summed E-state index contributed by atoms with van der Waals surface area (Å²) in [6, 6.07) is 2.39. The van der Waals surface area contributed by atoms with Gasteiger partial charge in [0.1, 0.15) is 5.82 Å². The molecule has 0 unspecified atom stereocenters. The highest BCUT2D eigenvalue weighted by Gasteiger charge is 2.17. The Hall–Kier alpha value is -0.575. The minimum atomic E-state index is -1.66. The van der Waals surface area contributed by atoms with E-state index in [0.29, 0.717) is 0 Å². The second kappa shape index (κ2) is 3.43. The van der Waals surface area contributed by atoms with Crippen LogP contribution in [0.4, 0.5) is 4.39 Å². The maximum atomic E-state index is 12.8. The summed E-state index contributed by atoms with van der Waals surface area (Å²) in [5.74, 6) is -0.454. The molecule has 1 aromatic carbocycles. The van der Waals surface area contributed by atoms with Gasteiger partial charge in [-0.3, -0.25) is 0 Å². The summed E-state index contributed by atoms with van der Waals surface area (Å²) in [7, 11) is -1.66. The van der Waals surface area contributed by atoms with Crippen LogP contribution in [0.25, 0.3) is 0 Å². The van der Waals surface area contributed by atoms with Crippen LogP contribution >= 0.6 is 11.6 Å². The fourth-order valence-corrected chi connectivity index (χ4v) is 1.13. The molecule has 1 rings (SSSR count). The number of rotatable bonds is 1. The van der Waals surface area contributed by atoms with E-state index < -0.39 is 12.9 Å². The van der Waals surface area contributed by atoms with Gasteiger partial charge in [-0.2, -0.15) is 0 Å². The molecule has 0 aromatic heterocycles. The van der Waals surface area contributed by atoms with Crippen molar-refractivity contribution in [3.05, 3.63) is 28.5 Å². The molecule has 0 aliphatic carbocycles. The minimum Gasteiger partial charge on any atom is -0.423 e. The van der Waals surface area contributed by atoms with E-state index in [2.05, 4.69) is 0 Å². The van der Waals surface area contributed by atoms with E-state index in [1.807, 2.05) is 0 Å². The number of benzene rings is 1. The Balaban J connectivity index is 3.27. The zero-order valence-corrected chi connectivity index (χ0v) is 7.14. The predicted molar refractivity (Wildman–Crippen MR) is 46.0 cm³/mol. The van der Waals surface area contributed by atoms with E-state index >= 15 is 0 Å². The summed E-state index contributed by atoms with van der Waals surface area (Å²) in [5, 5.41) is 17.6. The third-order valence-corrected chi connectivity index (χ3v) is 2.13. The highest BCUT2D eigenvalue weighted by Crippen LogP contribution is 2.15. The molecule has 0 amide bonds. The van der Waals surface area contributed by atoms with Crippen molar-refractivity contribution in [1.82, 2.24) is 0 Å². The van der Waals surface area contributed by atoms with Crippen LogP contribution in [0.3, 0.4) is 0 Å². The van der Waals surface area contributed by atoms with Crippen LogP contribution in [0.15, 0.2) is 12.1 Å². The molecular weight excluding hydrogens is 181 g/mol. The predicted octanol–water partition coefficient (Wildman–Crippen LogP) is 0.467. The lowest BCUT2D eigenvalue weighted by atomic mass is 9.79. The number of hydrogen-bond acceptors (Lipinski definition) is 2. The average Bonchev–Trinajstić information content (AvgIpc) is 2.00. The SMILES string of the molecule is Cc1c(F)ccc(B(O)O)c1Cl. The van der Waals surface area contributed by atoms with Crippen LogP contribution in [0, 0.1) is 12.7 Å². The van der Waals surface area contributed by atoms with Crippen molar-refractivity contribution in [2.45, 2.75) is 6.92 Å². The molecule has 0 fully saturated rings. The second-order valence-corrected chi connectivity index (χ2v) is 2.83. The van der Waals surface area contributed by atoms with Gasteiger partial charge in [-0.25, -0.2) is 4.39 Å². The van der Waals surface area contributed by atoms with E-state index in [9.17, 15) is 4.39 Å². The minimum absolute atomic E-state index is 0.0602. The largest absolute Gasteiger partial charge is 0.489 e. The van der Waals surface area contributed by atoms with Crippen LogP contribution in [0.5, 0.6) is 0 Å². The van der Waals surface area contributed by atoms with Gasteiger partial charge >= 0.3 is 7.12 Å². The molecule has 0 spiro atoms. The smallest absolute Gasteiger partial charge is 0.423 e. The van der Waals surface area contributed by atoms with Gasteiger partial charge in [0.2, 0.25) is 0 Å². The lowest BCUT2D eigenvalue weighted by molar-refractivity contribution is 0.425. The summed E-state index contributed by atoms with van der Waals surface area (Å²) in [6.07, 6.45) is 0. The summed E-state index contributed by atoms with van der Waals surface area (Å²) >= 11 is 5.63. The van der Waals surface area contributed by atoms with Crippen LogP contribution in [0.2, 0.25) is 5.02 Å². The van der Waals surface area contributed by atoms with Crippen LogP contribution < -0.4 is 5.46 Å². The van der Waals surface area contributed by atoms with Crippen molar-refractivity contribution in [2.24, 2.45) is 0 Å². The molecule has 0 bridgehead atoms. The van der Waals surface area contributed by atoms with Gasteiger partial charge in [-0.15, -0.1) is 0 Å². The van der Waals surface area contributed by atoms with Crippen molar-refractivity contribution in [3.8, 4) is 0 Å². The maximum absolute atomic E-state index is 12.8. The van der Waals surface area contributed by atoms with Crippen molar-refractivity contribution in [1.29, 1.82) is 0 Å². The molecule has 0 heterocycles. The lowest BCUT2D eigenvalue weighted by Crippen LogP contribution is -2.31. The second-order valence-electron chi connectivity index (χ2n) is 2.45. The normalized spacial score (nSPS) is 10.1. The van der Waals surface area contributed by atoms with Crippen molar-refractivity contribution < 1.29 is 14.4 Å². The van der Waals surface area contributed by atoms with Gasteiger partial charge in [0, 0.05) is 16.0 Å². The number of hydrogen-bond donors (Lipinski definition) is 2. The molecule has 0 aliphatic rings. The molecule has 64 valence electrons. The summed E-state index contributed by atoms with van der Waals surface area (Å²) < 4.78 is 12.8. The van der Waals surface area contributed by atoms with Gasteiger partial charge in [-0.05, 0) is 13.0 Å². The fraction of sp³-hybridized carbons (Fsp3) is 0.143. The van der Waals surface area contributed by atoms with Crippen LogP contribution in [-0.2, 0) is 0 Å². The zero-order chi connectivity index (χ0) is 9.30. The molecule has 0 radical (unpaired) electrons. The fourth-order valence-electron chi connectivity index (χ4n) is 0.882. The Morgan fingerprint density at radius 2 is 2.00 bits per heavy atom. The van der Waals surface area contributed by atoms with Crippen molar-refractivity contribution in [2.75, 3.05) is 0 Å². The van der Waals surface area contributed by atoms with Gasteiger partial charge in [0.15, 0.2) is 0 Å². The third-order valence-electron chi connectivity index (χ3n) is 1.63. The molecular formula is C7H7BClFO2. The molecule has 1 aromatic rings. The van der Waals surface area contributed by atoms with Crippen LogP contribution in [-0.4, -0.2) is 17.2 Å². The first-order chi connectivity index (χ1) is 5.54. The standard InChI is InChI=1S/C7H7BClFO2/c1-4-6(10)3-2-5(7(4)9)8(11)12/h2-3,11-12H,1H3. The highest BCUT2D eigenvalue weighted by molar-refractivity contribution is 6.62. The van der Waals surface area contributed by atoms with Gasteiger partial charge in [-0.1, -0.05) is 17.7 Å². The average molecular weight is 188 g/mol. The van der Waals surface area contributed by atoms with Gasteiger partial charge in [0.05, 0.1) is 0 Å². The Labute approximate surface area is 74.7 Å². The summed E-state index contributed by atoms with van der Waals surface area (Å²) in [6.45, 7) is 1.48. The zero-order valence-electron chi connectivity index (χ0n) is 6.38. The van der Waals surface area contributed by atoms with E-state index in [-0.39, 0.29) is 16.0 Å². The first-order valence-electron chi connectivity index (χ1n) is 3.34. The van der Waals surface area contributed by atoms with Crippen molar-refractivity contribution >= 4 is 24.2 Å². The van der Waals surface area contributed by atoms with Gasteiger partial charge < -0.3 is 10.0 Å². The Morgan fingerprint density at radius 3 is 2.50 bits per heavy atom. The molecule has 5 heteroatoms. The highest BCUT2D eigenvalue weighted by atomic mass is 35.5. The molecule has 0 atom stereocenters. The van der Waals surface area contributed by atoms with E-state index in [0.717, 1.165) is 6.07 Å². The molecule has 12 heavy (non-hydrogen) atoms. The Bertz CT molecular complexity index is 304. The lowest BCUT2D eigenvalue weighted by Gasteiger charge is -2.05. The molecule has 0 saturated heterocycles. The molecule has 2 nitrogen and oxygen atoms in total. The molecule has 0 aliphatic heterocycles. The monoisotopic (exact) mass is 188 g/mol. The molecule has 0 saturated carbocycles. The first-order valence-corrected chi connectivity index (χ1v) is 3.72. The summed E-state index contributed by atoms with van der Waals surface area (Å²) in [5.41, 5.74) is 0.345. The van der Waals surface area contributed by atoms with Crippen LogP contribution in [0.1, 0.15) is 5.56 Å². The Morgan fingerprint density at radius 1 is 1.42 bits per heavy atom. The third kappa shape index (κ3) is 1.60. The quantitative estimate of drug-likeness (QED) is 0.629. The van der Waals surface area contributed by atoms with E-state index in [4.69, 9.17) is 21.6 Å². The first kappa shape index (κ1) is 9.51. The summed E-state index contributed by atoms with van der Waals surface area (Å²) in [4.78, 5) is 0. The van der Waals surface area contributed by atoms with E-state index in [1.165, 1.54) is 13.0 Å². The maximum Gasteiger partial charge on any atom is 0.489 e. The van der Waals surface area contributed by atoms with Crippen molar-refractivity contribution in [3.63, 3.8) is 0 Å². The van der Waals surface area contributed by atoms with Gasteiger partial charge in [0.25, 0.3) is 0 Å². The Kier molecular flexibility index (Phi) is 2.72. The topological polar surface area (TPSA) is 40.5 Å². The van der Waals surface area contributed by atoms with E-state index in [1.54, 1.807) is 0 Å². The number of halogens is 2.